The van der Waals surface area contributed by atoms with Crippen molar-refractivity contribution in [2.24, 2.45) is 11.1 Å². The van der Waals surface area contributed by atoms with Crippen LogP contribution in [0.5, 0.6) is 5.75 Å². The van der Waals surface area contributed by atoms with Crippen molar-refractivity contribution in [3.8, 4) is 5.75 Å². The van der Waals surface area contributed by atoms with Crippen LogP contribution in [0, 0.1) is 5.92 Å². The fourth-order valence-electron chi connectivity index (χ4n) is 3.02. The van der Waals surface area contributed by atoms with E-state index in [1.165, 1.54) is 5.56 Å². The summed E-state index contributed by atoms with van der Waals surface area (Å²) in [6.07, 6.45) is 5.02. The Hall–Kier alpha value is -1.55. The van der Waals surface area contributed by atoms with Crippen molar-refractivity contribution in [2.75, 3.05) is 19.8 Å². The maximum Gasteiger partial charge on any atom is 0.123 e. The van der Waals surface area contributed by atoms with Crippen LogP contribution in [-0.2, 0) is 11.2 Å². The molecular formula is C16H21NO3. The van der Waals surface area contributed by atoms with E-state index in [-0.39, 0.29) is 0 Å². The monoisotopic (exact) mass is 275 g/mol. The van der Waals surface area contributed by atoms with Gasteiger partial charge in [0.05, 0.1) is 12.3 Å². The van der Waals surface area contributed by atoms with Crippen LogP contribution < -0.4 is 4.74 Å². The van der Waals surface area contributed by atoms with E-state index in [1.807, 2.05) is 18.2 Å². The van der Waals surface area contributed by atoms with Gasteiger partial charge in [0.1, 0.15) is 5.75 Å². The highest BCUT2D eigenvalue weighted by Crippen LogP contribution is 2.30. The summed E-state index contributed by atoms with van der Waals surface area (Å²) in [5.74, 6) is 1.55. The summed E-state index contributed by atoms with van der Waals surface area (Å²) in [6.45, 7) is 2.45. The summed E-state index contributed by atoms with van der Waals surface area (Å²) in [5.41, 5.74) is 3.02. The minimum Gasteiger partial charge on any atom is -0.493 e. The number of nitrogens with zero attached hydrogens (tertiary/aromatic N) is 1. The fraction of sp³-hybridized carbons (Fsp3) is 0.562. The third-order valence-electron chi connectivity index (χ3n) is 4.22. The molecule has 0 amide bonds. The average molecular weight is 275 g/mol. The zero-order chi connectivity index (χ0) is 13.8. The van der Waals surface area contributed by atoms with Crippen molar-refractivity contribution in [2.45, 2.75) is 32.1 Å². The number of fused-ring (bicyclic) bond motifs is 1. The molecular weight excluding hydrogens is 254 g/mol. The maximum atomic E-state index is 9.10. The largest absolute Gasteiger partial charge is 0.493 e. The molecule has 4 heteroatoms. The van der Waals surface area contributed by atoms with Gasteiger partial charge >= 0.3 is 0 Å². The van der Waals surface area contributed by atoms with Gasteiger partial charge < -0.3 is 14.7 Å². The molecule has 0 aromatic heterocycles. The Morgan fingerprint density at radius 3 is 2.90 bits per heavy atom. The van der Waals surface area contributed by atoms with Crippen LogP contribution in [0.15, 0.2) is 23.4 Å². The van der Waals surface area contributed by atoms with E-state index in [2.05, 4.69) is 5.16 Å². The molecule has 0 bridgehead atoms. The van der Waals surface area contributed by atoms with Crippen molar-refractivity contribution in [1.82, 2.24) is 0 Å². The second kappa shape index (κ2) is 6.27. The van der Waals surface area contributed by atoms with Crippen LogP contribution >= 0.6 is 0 Å². The standard InChI is InChI=1S/C16H21NO3/c18-17-15-5-1-4-14-13(15)3-2-6-16(14)20-11-12-7-9-19-10-8-12/h2-3,6,12,18H,1,4-5,7-11H2. The molecule has 1 N–H and O–H groups in total. The lowest BCUT2D eigenvalue weighted by molar-refractivity contribution is 0.0496. The lowest BCUT2D eigenvalue weighted by atomic mass is 9.89. The molecule has 1 aliphatic heterocycles. The summed E-state index contributed by atoms with van der Waals surface area (Å²) in [4.78, 5) is 0. The molecule has 20 heavy (non-hydrogen) atoms. The van der Waals surface area contributed by atoms with E-state index >= 15 is 0 Å². The topological polar surface area (TPSA) is 51.1 Å². The van der Waals surface area contributed by atoms with Gasteiger partial charge in [-0.15, -0.1) is 0 Å². The average Bonchev–Trinajstić information content (AvgIpc) is 2.53. The van der Waals surface area contributed by atoms with Crippen molar-refractivity contribution >= 4 is 5.71 Å². The highest BCUT2D eigenvalue weighted by atomic mass is 16.5. The molecule has 0 atom stereocenters. The number of oxime groups is 1. The third-order valence-corrected chi connectivity index (χ3v) is 4.22. The zero-order valence-corrected chi connectivity index (χ0v) is 11.7. The van der Waals surface area contributed by atoms with Crippen LogP contribution in [-0.4, -0.2) is 30.7 Å². The Kier molecular flexibility index (Phi) is 4.21. The predicted molar refractivity (Wildman–Crippen MR) is 76.7 cm³/mol. The second-order valence-corrected chi connectivity index (χ2v) is 5.55. The molecule has 0 radical (unpaired) electrons. The number of rotatable bonds is 3. The van der Waals surface area contributed by atoms with Gasteiger partial charge in [-0.3, -0.25) is 0 Å². The Labute approximate surface area is 119 Å². The van der Waals surface area contributed by atoms with E-state index in [1.54, 1.807) is 0 Å². The molecule has 108 valence electrons. The molecule has 1 saturated heterocycles. The Morgan fingerprint density at radius 1 is 1.25 bits per heavy atom. The summed E-state index contributed by atoms with van der Waals surface area (Å²) in [7, 11) is 0. The maximum absolute atomic E-state index is 9.10. The van der Waals surface area contributed by atoms with Gasteiger partial charge in [-0.25, -0.2) is 0 Å². The van der Waals surface area contributed by atoms with Crippen molar-refractivity contribution < 1.29 is 14.7 Å². The highest BCUT2D eigenvalue weighted by Gasteiger charge is 2.20. The van der Waals surface area contributed by atoms with E-state index < -0.39 is 0 Å². The second-order valence-electron chi connectivity index (χ2n) is 5.55. The van der Waals surface area contributed by atoms with Crippen molar-refractivity contribution in [3.63, 3.8) is 0 Å². The summed E-state index contributed by atoms with van der Waals surface area (Å²) >= 11 is 0. The highest BCUT2D eigenvalue weighted by molar-refractivity contribution is 6.02. The zero-order valence-electron chi connectivity index (χ0n) is 11.7. The quantitative estimate of drug-likeness (QED) is 0.681. The summed E-state index contributed by atoms with van der Waals surface area (Å²) in [5, 5.41) is 12.5. The molecule has 3 rings (SSSR count). The molecule has 1 aliphatic carbocycles. The van der Waals surface area contributed by atoms with Gasteiger partial charge in [0.2, 0.25) is 0 Å². The molecule has 1 aromatic rings. The number of hydrogen-bond donors (Lipinski definition) is 1. The van der Waals surface area contributed by atoms with Crippen molar-refractivity contribution in [3.05, 3.63) is 29.3 Å². The Bertz CT molecular complexity index is 492. The smallest absolute Gasteiger partial charge is 0.123 e. The van der Waals surface area contributed by atoms with Crippen LogP contribution in [0.25, 0.3) is 0 Å². The summed E-state index contributed by atoms with van der Waals surface area (Å²) < 4.78 is 11.4. The molecule has 1 heterocycles. The normalized spacial score (nSPS) is 21.7. The first-order valence-electron chi connectivity index (χ1n) is 7.42. The lowest BCUT2D eigenvalue weighted by Crippen LogP contribution is -2.22. The minimum absolute atomic E-state index is 0.592. The minimum atomic E-state index is 0.592. The fourth-order valence-corrected chi connectivity index (χ4v) is 3.02. The molecule has 2 aliphatic rings. The van der Waals surface area contributed by atoms with Crippen LogP contribution in [0.4, 0.5) is 0 Å². The molecule has 4 nitrogen and oxygen atoms in total. The number of benzene rings is 1. The van der Waals surface area contributed by atoms with Crippen molar-refractivity contribution in [1.29, 1.82) is 0 Å². The van der Waals surface area contributed by atoms with Gasteiger partial charge in [0, 0.05) is 24.3 Å². The number of hydrogen-bond acceptors (Lipinski definition) is 4. The first kappa shape index (κ1) is 13.4. The van der Waals surface area contributed by atoms with Gasteiger partial charge in [-0.1, -0.05) is 17.3 Å². The molecule has 0 unspecified atom stereocenters. The Balaban J connectivity index is 1.73. The molecule has 0 saturated carbocycles. The van der Waals surface area contributed by atoms with E-state index in [0.717, 1.165) is 68.9 Å². The van der Waals surface area contributed by atoms with E-state index in [9.17, 15) is 0 Å². The van der Waals surface area contributed by atoms with Gasteiger partial charge in [-0.2, -0.15) is 0 Å². The molecule has 1 aromatic carbocycles. The Morgan fingerprint density at radius 2 is 2.10 bits per heavy atom. The van der Waals surface area contributed by atoms with Gasteiger partial charge in [0.15, 0.2) is 0 Å². The van der Waals surface area contributed by atoms with E-state index in [4.69, 9.17) is 14.7 Å². The van der Waals surface area contributed by atoms with Gasteiger partial charge in [-0.05, 0) is 44.1 Å². The first-order valence-corrected chi connectivity index (χ1v) is 7.42. The molecule has 0 spiro atoms. The van der Waals surface area contributed by atoms with E-state index in [0.29, 0.717) is 5.92 Å². The van der Waals surface area contributed by atoms with Gasteiger partial charge in [0.25, 0.3) is 0 Å². The van der Waals surface area contributed by atoms with Crippen LogP contribution in [0.2, 0.25) is 0 Å². The lowest BCUT2D eigenvalue weighted by Gasteiger charge is -2.24. The number of ether oxygens (including phenoxy) is 2. The third kappa shape index (κ3) is 2.80. The molecule has 1 fully saturated rings. The SMILES string of the molecule is ON=C1CCCc2c(OCC3CCOCC3)cccc21. The first-order chi connectivity index (χ1) is 9.88. The predicted octanol–water partition coefficient (Wildman–Crippen LogP) is 3.01. The van der Waals surface area contributed by atoms with Crippen LogP contribution in [0.1, 0.15) is 36.8 Å². The van der Waals surface area contributed by atoms with Crippen LogP contribution in [0.3, 0.4) is 0 Å². The summed E-state index contributed by atoms with van der Waals surface area (Å²) in [6, 6.07) is 6.03.